The number of fused-ring (bicyclic) bond motifs is 1. The van der Waals surface area contributed by atoms with Crippen LogP contribution in [-0.2, 0) is 14.3 Å². The molecule has 92 valence electrons. The number of cyclic esters (lactones) is 1. The zero-order valence-electron chi connectivity index (χ0n) is 9.13. The van der Waals surface area contributed by atoms with E-state index in [-0.39, 0.29) is 24.7 Å². The molecule has 2 heterocycles. The van der Waals surface area contributed by atoms with Crippen LogP contribution in [0.3, 0.4) is 0 Å². The smallest absolute Gasteiger partial charge is 0.379 e. The number of carbonyl (C=O) groups is 2. The lowest BCUT2D eigenvalue weighted by Crippen LogP contribution is -2.07. The van der Waals surface area contributed by atoms with Crippen molar-refractivity contribution in [2.45, 2.75) is 0 Å². The molecule has 0 spiro atoms. The molecule has 0 radical (unpaired) electrons. The molecule has 0 bridgehead atoms. The standard InChI is InChI=1S/C12H8O6/c13-10(7-4-16-12(15)11(7)14)6-1-2-8-9(3-6)18-5-17-8/h1-3,13H,4-5H2/b10-7-. The lowest BCUT2D eigenvalue weighted by atomic mass is 10.1. The number of rotatable bonds is 1. The van der Waals surface area contributed by atoms with Crippen LogP contribution in [0.2, 0.25) is 0 Å². The molecule has 0 atom stereocenters. The van der Waals surface area contributed by atoms with Gasteiger partial charge in [-0.05, 0) is 18.2 Å². The molecule has 3 rings (SSSR count). The van der Waals surface area contributed by atoms with Gasteiger partial charge in [0.05, 0.1) is 5.57 Å². The van der Waals surface area contributed by atoms with Crippen molar-refractivity contribution in [2.75, 3.05) is 13.4 Å². The van der Waals surface area contributed by atoms with Crippen LogP contribution < -0.4 is 9.47 Å². The quantitative estimate of drug-likeness (QED) is 0.343. The van der Waals surface area contributed by atoms with E-state index in [0.29, 0.717) is 17.1 Å². The van der Waals surface area contributed by atoms with Crippen molar-refractivity contribution < 1.29 is 28.9 Å². The molecule has 1 fully saturated rings. The molecule has 0 unspecified atom stereocenters. The van der Waals surface area contributed by atoms with Gasteiger partial charge in [-0.25, -0.2) is 4.79 Å². The van der Waals surface area contributed by atoms with E-state index in [9.17, 15) is 14.7 Å². The Hall–Kier alpha value is -2.50. The van der Waals surface area contributed by atoms with Crippen molar-refractivity contribution in [3.63, 3.8) is 0 Å². The van der Waals surface area contributed by atoms with Crippen LogP contribution in [0.15, 0.2) is 23.8 Å². The maximum Gasteiger partial charge on any atom is 0.379 e. The Morgan fingerprint density at radius 3 is 2.61 bits per heavy atom. The van der Waals surface area contributed by atoms with E-state index >= 15 is 0 Å². The Morgan fingerprint density at radius 2 is 1.89 bits per heavy atom. The van der Waals surface area contributed by atoms with Gasteiger partial charge in [-0.15, -0.1) is 0 Å². The summed E-state index contributed by atoms with van der Waals surface area (Å²) in [6.45, 7) is -0.0887. The second-order valence-corrected chi connectivity index (χ2v) is 3.80. The Balaban J connectivity index is 2.02. The monoisotopic (exact) mass is 248 g/mol. The average Bonchev–Trinajstić information content (AvgIpc) is 2.96. The fourth-order valence-electron chi connectivity index (χ4n) is 1.79. The number of hydrogen-bond acceptors (Lipinski definition) is 6. The molecule has 1 aromatic carbocycles. The summed E-state index contributed by atoms with van der Waals surface area (Å²) in [5, 5.41) is 9.97. The van der Waals surface area contributed by atoms with Crippen molar-refractivity contribution in [1.82, 2.24) is 0 Å². The third kappa shape index (κ3) is 1.50. The number of ketones is 1. The Kier molecular flexibility index (Phi) is 2.22. The van der Waals surface area contributed by atoms with E-state index < -0.39 is 11.8 Å². The third-order valence-electron chi connectivity index (χ3n) is 2.74. The first-order chi connectivity index (χ1) is 8.66. The Morgan fingerprint density at radius 1 is 1.11 bits per heavy atom. The summed E-state index contributed by atoms with van der Waals surface area (Å²) in [6, 6.07) is 4.74. The van der Waals surface area contributed by atoms with Crippen molar-refractivity contribution >= 4 is 17.5 Å². The molecule has 0 aromatic heterocycles. The summed E-state index contributed by atoms with van der Waals surface area (Å²) in [5.41, 5.74) is 0.333. The Bertz CT molecular complexity index is 586. The highest BCUT2D eigenvalue weighted by atomic mass is 16.7. The van der Waals surface area contributed by atoms with Crippen LogP contribution in [0.1, 0.15) is 5.56 Å². The number of aliphatic hydroxyl groups is 1. The molecule has 2 aliphatic rings. The summed E-state index contributed by atoms with van der Waals surface area (Å²) in [6.07, 6.45) is 0. The molecule has 1 aromatic rings. The fourth-order valence-corrected chi connectivity index (χ4v) is 1.79. The van der Waals surface area contributed by atoms with Gasteiger partial charge >= 0.3 is 5.97 Å². The molecule has 6 heteroatoms. The number of Topliss-reactive ketones (excluding diaryl/α,β-unsaturated/α-hetero) is 1. The second kappa shape index (κ2) is 3.76. The molecular weight excluding hydrogens is 240 g/mol. The molecule has 0 saturated carbocycles. The van der Waals surface area contributed by atoms with Gasteiger partial charge in [0.15, 0.2) is 11.5 Å². The van der Waals surface area contributed by atoms with Crippen molar-refractivity contribution in [2.24, 2.45) is 0 Å². The molecule has 0 aliphatic carbocycles. The molecule has 2 aliphatic heterocycles. The highest BCUT2D eigenvalue weighted by Crippen LogP contribution is 2.34. The van der Waals surface area contributed by atoms with Crippen LogP contribution in [0.25, 0.3) is 5.76 Å². The maximum atomic E-state index is 11.4. The zero-order chi connectivity index (χ0) is 12.7. The van der Waals surface area contributed by atoms with E-state index in [1.165, 1.54) is 0 Å². The van der Waals surface area contributed by atoms with Crippen molar-refractivity contribution in [3.8, 4) is 11.5 Å². The minimum atomic E-state index is -0.947. The highest BCUT2D eigenvalue weighted by Gasteiger charge is 2.32. The number of aliphatic hydroxyl groups excluding tert-OH is 1. The molecule has 1 saturated heterocycles. The minimum absolute atomic E-state index is 0.0427. The molecule has 0 amide bonds. The fraction of sp³-hybridized carbons (Fsp3) is 0.167. The second-order valence-electron chi connectivity index (χ2n) is 3.80. The summed E-state index contributed by atoms with van der Waals surface area (Å²) in [7, 11) is 0. The number of carbonyl (C=O) groups excluding carboxylic acids is 2. The van der Waals surface area contributed by atoms with Gasteiger partial charge in [-0.1, -0.05) is 0 Å². The van der Waals surface area contributed by atoms with Gasteiger partial charge in [-0.3, -0.25) is 4.79 Å². The first-order valence-electron chi connectivity index (χ1n) is 5.20. The van der Waals surface area contributed by atoms with E-state index in [1.54, 1.807) is 18.2 Å². The largest absolute Gasteiger partial charge is 0.507 e. The van der Waals surface area contributed by atoms with Crippen LogP contribution >= 0.6 is 0 Å². The number of benzene rings is 1. The van der Waals surface area contributed by atoms with Crippen molar-refractivity contribution in [3.05, 3.63) is 29.3 Å². The summed E-state index contributed by atoms with van der Waals surface area (Å²) in [4.78, 5) is 22.4. The van der Waals surface area contributed by atoms with E-state index in [1.807, 2.05) is 0 Å². The third-order valence-corrected chi connectivity index (χ3v) is 2.74. The SMILES string of the molecule is O=C1OC/C(=C(/O)c2ccc3c(c2)OCO3)C1=O. The summed E-state index contributed by atoms with van der Waals surface area (Å²) < 4.78 is 14.8. The molecule has 18 heavy (non-hydrogen) atoms. The summed E-state index contributed by atoms with van der Waals surface area (Å²) >= 11 is 0. The van der Waals surface area contributed by atoms with Crippen LogP contribution in [0.4, 0.5) is 0 Å². The van der Waals surface area contributed by atoms with Gasteiger partial charge in [0.25, 0.3) is 5.78 Å². The average molecular weight is 248 g/mol. The van der Waals surface area contributed by atoms with Gasteiger partial charge in [-0.2, -0.15) is 0 Å². The van der Waals surface area contributed by atoms with Crippen LogP contribution in [0.5, 0.6) is 11.5 Å². The minimum Gasteiger partial charge on any atom is -0.507 e. The van der Waals surface area contributed by atoms with Gasteiger partial charge in [0.2, 0.25) is 6.79 Å². The predicted octanol–water partition coefficient (Wildman–Crippen LogP) is 0.810. The summed E-state index contributed by atoms with van der Waals surface area (Å²) in [5.74, 6) is -0.981. The molecular formula is C12H8O6. The zero-order valence-corrected chi connectivity index (χ0v) is 9.13. The van der Waals surface area contributed by atoms with E-state index in [0.717, 1.165) is 0 Å². The normalized spacial score (nSPS) is 20.0. The first kappa shape index (κ1) is 10.6. The number of ether oxygens (including phenoxy) is 3. The number of esters is 1. The lowest BCUT2D eigenvalue weighted by Gasteiger charge is -2.03. The Labute approximate surface area is 101 Å². The van der Waals surface area contributed by atoms with Crippen LogP contribution in [-0.4, -0.2) is 30.3 Å². The predicted molar refractivity (Wildman–Crippen MR) is 58.1 cm³/mol. The maximum absolute atomic E-state index is 11.4. The van der Waals surface area contributed by atoms with E-state index in [2.05, 4.69) is 4.74 Å². The van der Waals surface area contributed by atoms with Crippen LogP contribution in [0, 0.1) is 0 Å². The van der Waals surface area contributed by atoms with Gasteiger partial charge in [0.1, 0.15) is 12.4 Å². The topological polar surface area (TPSA) is 82.1 Å². The van der Waals surface area contributed by atoms with E-state index in [4.69, 9.17) is 9.47 Å². The molecule has 6 nitrogen and oxygen atoms in total. The van der Waals surface area contributed by atoms with Crippen molar-refractivity contribution in [1.29, 1.82) is 0 Å². The highest BCUT2D eigenvalue weighted by molar-refractivity contribution is 6.43. The number of hydrogen-bond donors (Lipinski definition) is 1. The first-order valence-corrected chi connectivity index (χ1v) is 5.20. The lowest BCUT2D eigenvalue weighted by molar-refractivity contribution is -0.146. The van der Waals surface area contributed by atoms with Gasteiger partial charge < -0.3 is 19.3 Å². The van der Waals surface area contributed by atoms with Gasteiger partial charge in [0, 0.05) is 5.56 Å². The molecule has 1 N–H and O–H groups in total.